The lowest BCUT2D eigenvalue weighted by Gasteiger charge is -2.27. The summed E-state index contributed by atoms with van der Waals surface area (Å²) in [5.41, 5.74) is 2.08. The van der Waals surface area contributed by atoms with Gasteiger partial charge in [0.05, 0.1) is 22.1 Å². The van der Waals surface area contributed by atoms with E-state index >= 15 is 0 Å². The highest BCUT2D eigenvalue weighted by Crippen LogP contribution is 2.45. The second kappa shape index (κ2) is 6.37. The Morgan fingerprint density at radius 3 is 2.82 bits per heavy atom. The number of ether oxygens (including phenoxy) is 2. The number of benzene rings is 1. The molecule has 0 bridgehead atoms. The van der Waals surface area contributed by atoms with Gasteiger partial charge < -0.3 is 20.1 Å². The molecule has 3 aliphatic rings. The molecular formula is C19H19N3O5S. The number of carbonyl (C=O) groups excluding carboxylic acids is 1. The minimum atomic E-state index is -0.697. The molecule has 1 amide bonds. The molecule has 0 saturated heterocycles. The molecule has 146 valence electrons. The summed E-state index contributed by atoms with van der Waals surface area (Å²) in [7, 11) is 0. The molecule has 1 aliphatic carbocycles. The molecule has 8 nitrogen and oxygen atoms in total. The number of rotatable bonds is 3. The number of nitrogens with one attached hydrogen (secondary N) is 2. The highest BCUT2D eigenvalue weighted by atomic mass is 32.1. The minimum absolute atomic E-state index is 0.0286. The van der Waals surface area contributed by atoms with Crippen LogP contribution in [0.5, 0.6) is 11.5 Å². The van der Waals surface area contributed by atoms with Crippen LogP contribution >= 0.6 is 11.3 Å². The molecule has 28 heavy (non-hydrogen) atoms. The topological polar surface area (TPSA) is 103 Å². The van der Waals surface area contributed by atoms with E-state index in [-0.39, 0.29) is 18.4 Å². The van der Waals surface area contributed by atoms with E-state index in [1.807, 2.05) is 0 Å². The Kier molecular flexibility index (Phi) is 3.94. The van der Waals surface area contributed by atoms with E-state index in [1.54, 1.807) is 17.4 Å². The summed E-state index contributed by atoms with van der Waals surface area (Å²) in [6.45, 7) is 2.23. The quantitative estimate of drug-likeness (QED) is 0.600. The monoisotopic (exact) mass is 401 g/mol. The summed E-state index contributed by atoms with van der Waals surface area (Å²) < 4.78 is 10.6. The van der Waals surface area contributed by atoms with Crippen molar-refractivity contribution in [3.63, 3.8) is 0 Å². The van der Waals surface area contributed by atoms with Crippen molar-refractivity contribution in [3.05, 3.63) is 43.8 Å². The first kappa shape index (κ1) is 17.3. The molecule has 5 rings (SSSR count). The number of anilines is 1. The van der Waals surface area contributed by atoms with E-state index in [0.29, 0.717) is 28.5 Å². The number of nitro benzene ring substituents is 1. The Bertz CT molecular complexity index is 1000. The Morgan fingerprint density at radius 1 is 1.29 bits per heavy atom. The molecule has 2 N–H and O–H groups in total. The van der Waals surface area contributed by atoms with Gasteiger partial charge in [0.2, 0.25) is 6.79 Å². The highest BCUT2D eigenvalue weighted by molar-refractivity contribution is 7.16. The van der Waals surface area contributed by atoms with Gasteiger partial charge in [0.1, 0.15) is 11.2 Å². The lowest BCUT2D eigenvalue weighted by atomic mass is 9.85. The van der Waals surface area contributed by atoms with Crippen LogP contribution in [0, 0.1) is 16.0 Å². The zero-order valence-electron chi connectivity index (χ0n) is 15.2. The van der Waals surface area contributed by atoms with Gasteiger partial charge in [-0.3, -0.25) is 14.9 Å². The number of hydrogen-bond donors (Lipinski definition) is 2. The van der Waals surface area contributed by atoms with E-state index in [4.69, 9.17) is 9.47 Å². The van der Waals surface area contributed by atoms with Crippen molar-refractivity contribution in [1.29, 1.82) is 0 Å². The van der Waals surface area contributed by atoms with Crippen molar-refractivity contribution in [2.45, 2.75) is 38.8 Å². The summed E-state index contributed by atoms with van der Waals surface area (Å²) in [4.78, 5) is 25.3. The van der Waals surface area contributed by atoms with Crippen LogP contribution in [0.15, 0.2) is 12.1 Å². The van der Waals surface area contributed by atoms with Gasteiger partial charge in [-0.1, -0.05) is 13.3 Å². The third-order valence-electron chi connectivity index (χ3n) is 5.75. The Morgan fingerprint density at radius 2 is 2.07 bits per heavy atom. The van der Waals surface area contributed by atoms with Crippen LogP contribution in [-0.2, 0) is 12.8 Å². The average molecular weight is 401 g/mol. The summed E-state index contributed by atoms with van der Waals surface area (Å²) in [6.07, 6.45) is 3.43. The first-order valence-corrected chi connectivity index (χ1v) is 10.2. The SMILES string of the molecule is CC[C@@H]1CCc2c(sc3c2C(=O)N[C@H](c2cc4c(cc2[N+](=O)[O-])OCO4)N3)C1. The lowest BCUT2D eigenvalue weighted by molar-refractivity contribution is -0.385. The number of carbonyl (C=O) groups is 1. The van der Waals surface area contributed by atoms with Crippen molar-refractivity contribution in [2.75, 3.05) is 12.1 Å². The fourth-order valence-electron chi connectivity index (χ4n) is 4.21. The van der Waals surface area contributed by atoms with Gasteiger partial charge in [-0.25, -0.2) is 0 Å². The number of nitrogens with zero attached hydrogens (tertiary/aromatic N) is 1. The first-order valence-electron chi connectivity index (χ1n) is 9.35. The second-order valence-electron chi connectivity index (χ2n) is 7.30. The Balaban J connectivity index is 1.53. The molecule has 0 fully saturated rings. The van der Waals surface area contributed by atoms with Crippen LogP contribution in [0.25, 0.3) is 0 Å². The van der Waals surface area contributed by atoms with E-state index < -0.39 is 11.1 Å². The van der Waals surface area contributed by atoms with Gasteiger partial charge >= 0.3 is 0 Å². The smallest absolute Gasteiger partial charge is 0.280 e. The maximum absolute atomic E-state index is 12.9. The second-order valence-corrected chi connectivity index (χ2v) is 8.40. The molecule has 2 atom stereocenters. The molecule has 9 heteroatoms. The first-order chi connectivity index (χ1) is 13.5. The molecule has 1 aromatic heterocycles. The number of fused-ring (bicyclic) bond motifs is 4. The zero-order valence-corrected chi connectivity index (χ0v) is 16.1. The molecule has 0 saturated carbocycles. The number of hydrogen-bond acceptors (Lipinski definition) is 7. The van der Waals surface area contributed by atoms with Gasteiger partial charge in [-0.2, -0.15) is 0 Å². The van der Waals surface area contributed by atoms with Crippen molar-refractivity contribution >= 4 is 27.9 Å². The van der Waals surface area contributed by atoms with Gasteiger partial charge in [-0.05, 0) is 36.8 Å². The highest BCUT2D eigenvalue weighted by Gasteiger charge is 2.36. The standard InChI is InChI=1S/C19H19N3O5S/c1-2-9-3-4-10-15(5-9)28-19-16(10)18(23)20-17(21-19)11-6-13-14(27-8-26-13)7-12(11)22(24)25/h6-7,9,17,21H,2-5,8H2,1H3,(H,20,23)/t9-,17+/m1/s1. The maximum atomic E-state index is 12.9. The van der Waals surface area contributed by atoms with Crippen LogP contribution < -0.4 is 20.1 Å². The van der Waals surface area contributed by atoms with Gasteiger partial charge in [-0.15, -0.1) is 11.3 Å². The number of thiophene rings is 1. The van der Waals surface area contributed by atoms with E-state index in [1.165, 1.54) is 10.9 Å². The van der Waals surface area contributed by atoms with E-state index in [0.717, 1.165) is 36.2 Å². The lowest BCUT2D eigenvalue weighted by Crippen LogP contribution is -2.38. The van der Waals surface area contributed by atoms with Crippen molar-refractivity contribution in [3.8, 4) is 11.5 Å². The van der Waals surface area contributed by atoms with Crippen molar-refractivity contribution < 1.29 is 19.2 Å². The van der Waals surface area contributed by atoms with Crippen LogP contribution in [-0.4, -0.2) is 17.6 Å². The predicted octanol–water partition coefficient (Wildman–Crippen LogP) is 3.75. The van der Waals surface area contributed by atoms with Crippen LogP contribution in [0.3, 0.4) is 0 Å². The zero-order chi connectivity index (χ0) is 19.4. The van der Waals surface area contributed by atoms with E-state index in [2.05, 4.69) is 17.6 Å². The summed E-state index contributed by atoms with van der Waals surface area (Å²) in [5.74, 6) is 1.26. The molecule has 0 unspecified atom stereocenters. The normalized spacial score (nSPS) is 22.1. The van der Waals surface area contributed by atoms with Gasteiger partial charge in [0.15, 0.2) is 11.5 Å². The Labute approximate surface area is 165 Å². The van der Waals surface area contributed by atoms with Crippen LogP contribution in [0.2, 0.25) is 0 Å². The molecular weight excluding hydrogens is 382 g/mol. The molecule has 1 aromatic carbocycles. The number of nitro groups is 1. The summed E-state index contributed by atoms with van der Waals surface area (Å²) >= 11 is 1.60. The molecule has 0 radical (unpaired) electrons. The van der Waals surface area contributed by atoms with Gasteiger partial charge in [0, 0.05) is 4.88 Å². The average Bonchev–Trinajstić information content (AvgIpc) is 3.29. The number of amides is 1. The third-order valence-corrected chi connectivity index (χ3v) is 6.94. The third kappa shape index (κ3) is 2.61. The van der Waals surface area contributed by atoms with Crippen LogP contribution in [0.1, 0.15) is 52.3 Å². The molecule has 3 heterocycles. The minimum Gasteiger partial charge on any atom is -0.454 e. The predicted molar refractivity (Wildman–Crippen MR) is 103 cm³/mol. The molecule has 0 spiro atoms. The largest absolute Gasteiger partial charge is 0.454 e. The molecule has 2 aromatic rings. The Hall–Kier alpha value is -2.81. The molecule has 2 aliphatic heterocycles. The summed E-state index contributed by atoms with van der Waals surface area (Å²) in [6, 6.07) is 2.93. The van der Waals surface area contributed by atoms with E-state index in [9.17, 15) is 14.9 Å². The van der Waals surface area contributed by atoms with Gasteiger partial charge in [0.25, 0.3) is 11.6 Å². The maximum Gasteiger partial charge on any atom is 0.280 e. The van der Waals surface area contributed by atoms with Crippen molar-refractivity contribution in [2.24, 2.45) is 5.92 Å². The fraction of sp³-hybridized carbons (Fsp3) is 0.421. The fourth-order valence-corrected chi connectivity index (χ4v) is 5.59. The van der Waals surface area contributed by atoms with Crippen LogP contribution in [0.4, 0.5) is 10.7 Å². The van der Waals surface area contributed by atoms with Crippen molar-refractivity contribution in [1.82, 2.24) is 5.32 Å². The summed E-state index contributed by atoms with van der Waals surface area (Å²) in [5, 5.41) is 18.6.